The molecule has 1 aliphatic carbocycles. The summed E-state index contributed by atoms with van der Waals surface area (Å²) in [7, 11) is 2.71. The summed E-state index contributed by atoms with van der Waals surface area (Å²) in [6.45, 7) is 2.85. The summed E-state index contributed by atoms with van der Waals surface area (Å²) in [5.74, 6) is -17.7. The molecule has 2 fully saturated rings. The summed E-state index contributed by atoms with van der Waals surface area (Å²) in [5.41, 5.74) is 13.8. The number of aliphatic hydroxyl groups excluding tert-OH is 7. The highest BCUT2D eigenvalue weighted by atomic mass is 35.5. The number of allylic oxidation sites excluding steroid dienone is 2. The quantitative estimate of drug-likeness (QED) is 0.0171. The highest BCUT2D eigenvalue weighted by molar-refractivity contribution is 6.32. The Morgan fingerprint density at radius 2 is 1.38 bits per heavy atom. The van der Waals surface area contributed by atoms with Crippen molar-refractivity contribution in [1.29, 1.82) is 5.41 Å². The topological polar surface area (TPSA) is 683 Å². The number of benzene rings is 5. The van der Waals surface area contributed by atoms with E-state index in [-0.39, 0.29) is 102 Å². The van der Waals surface area contributed by atoms with Crippen molar-refractivity contribution in [2.75, 3.05) is 59.2 Å². The number of phenolic OH excluding ortho intramolecular Hbond substituents is 2. The van der Waals surface area contributed by atoms with Crippen LogP contribution in [-0.4, -0.2) is 249 Å². The number of ether oxygens (including phenoxy) is 9. The van der Waals surface area contributed by atoms with E-state index >= 15 is 9.59 Å². The minimum Gasteiger partial charge on any atom is -0.512 e. The fourth-order valence-electron chi connectivity index (χ4n) is 14.4. The Bertz CT molecular complexity index is 5080. The third-order valence-electron chi connectivity index (χ3n) is 20.8. The molecule has 0 aromatic heterocycles. The molecule has 45 heteroatoms. The third-order valence-corrected chi connectivity index (χ3v) is 21.4. The zero-order valence-corrected chi connectivity index (χ0v) is 70.4. The van der Waals surface area contributed by atoms with E-state index in [2.05, 4.69) is 47.9 Å². The number of carbonyl (C=O) groups is 11. The van der Waals surface area contributed by atoms with Gasteiger partial charge in [-0.1, -0.05) is 49.2 Å². The van der Waals surface area contributed by atoms with Gasteiger partial charge in [0.25, 0.3) is 5.91 Å². The molecule has 9 bridgehead atoms. The van der Waals surface area contributed by atoms with Crippen LogP contribution < -0.4 is 84.0 Å². The number of carbonyl (C=O) groups excluding carboxylic acids is 11. The standard InChI is InChI=1S/C82H99Cl2N13O30/c1-33(2)18-47(89-4)77(114)97-68-70(109)36-7-10-53(43(84)21-36)124-56-23-38-22-55(74(56)127-82-75(73(112)72(111)57(31-98)125-82)126-63-27-44(85)69(108)34(3)122-63)123-52-9-6-35(20-42(52)83)49(100)30-62(107)95-67(79(116)91-32-121-17-16-120-15-14-90-60(105)12-13-61(106)92-45-8-11-54(119-5)65(71(45)110)76(88)113)41-25-39(99)26-51(102)64(41)40-19-37(24-58(86)103)46(28-50(40)101)93-80(117)66(38)96-78(115)48(29-59(87)104)94-81(68)118/h6-11,19-23,25-26,33-34,46-49,57,63,66-70,72-73,75,82,85,89,98-102,108-112H,12-18,24,27-32H2,1-5H3,(H2,86,103)(H2,87,104)(H2,88,113)(H,90,105)(H,91,116)(H,92,106)(H,93,117)(H,94,118)(H,95,107)(H,96,115)(H,97,114)/t34-,46-,47-,48+,49+,57+,63-,66-,67-,68-,69-,70-,72-,73+,75+,82?/m1/s1. The number of likely N-dealkylation sites (N-methyl/N-ethyl adjacent to an activating group) is 1. The number of rotatable bonds is 29. The lowest BCUT2D eigenvalue weighted by molar-refractivity contribution is -0.322. The van der Waals surface area contributed by atoms with Crippen LogP contribution in [0, 0.1) is 11.3 Å². The molecule has 8 heterocycles. The van der Waals surface area contributed by atoms with Crippen LogP contribution in [0.2, 0.25) is 10.0 Å². The molecular weight excluding hydrogens is 1720 g/mol. The molecule has 5 aromatic rings. The van der Waals surface area contributed by atoms with Crippen LogP contribution in [0.5, 0.6) is 51.7 Å². The molecule has 127 heavy (non-hydrogen) atoms. The molecule has 0 saturated carbocycles. The molecule has 0 spiro atoms. The number of nitrogens with one attached hydrogen (secondary N) is 10. The lowest BCUT2D eigenvalue weighted by Gasteiger charge is -2.44. The molecular formula is C82H99Cl2N13O30. The first-order valence-corrected chi connectivity index (χ1v) is 40.5. The Hall–Kier alpha value is -12.1. The van der Waals surface area contributed by atoms with Crippen LogP contribution >= 0.6 is 23.2 Å². The van der Waals surface area contributed by atoms with Crippen molar-refractivity contribution in [3.05, 3.63) is 134 Å². The summed E-state index contributed by atoms with van der Waals surface area (Å²) in [5, 5.41) is 146. The van der Waals surface area contributed by atoms with Gasteiger partial charge in [0.2, 0.25) is 71.1 Å². The lowest BCUT2D eigenvalue weighted by atomic mass is 9.84. The fourth-order valence-corrected chi connectivity index (χ4v) is 14.8. The first kappa shape index (κ1) is 97.1. The number of halogens is 2. The van der Waals surface area contributed by atoms with E-state index in [0.717, 1.165) is 48.5 Å². The van der Waals surface area contributed by atoms with Gasteiger partial charge in [-0.2, -0.15) is 0 Å². The van der Waals surface area contributed by atoms with Crippen LogP contribution in [0.25, 0.3) is 5.57 Å². The lowest BCUT2D eigenvalue weighted by Crippen LogP contribution is -2.62. The number of anilines is 1. The highest BCUT2D eigenvalue weighted by Crippen LogP contribution is 2.50. The molecule has 9 aliphatic rings. The van der Waals surface area contributed by atoms with Crippen LogP contribution in [0.15, 0.2) is 90.2 Å². The number of methoxy groups -OCH3 is 1. The molecule has 5 aromatic carbocycles. The minimum atomic E-state index is -2.29. The minimum absolute atomic E-state index is 0.0380. The van der Waals surface area contributed by atoms with Crippen LogP contribution in [-0.2, 0) is 71.6 Å². The van der Waals surface area contributed by atoms with Gasteiger partial charge in [0.05, 0.1) is 86.4 Å². The number of aromatic hydroxyl groups is 3. The second-order valence-electron chi connectivity index (χ2n) is 30.5. The average molecular weight is 1820 g/mol. The molecule has 2 saturated heterocycles. The average Bonchev–Trinajstić information content (AvgIpc) is 0.767. The van der Waals surface area contributed by atoms with Crippen LogP contribution in [0.4, 0.5) is 5.69 Å². The van der Waals surface area contributed by atoms with E-state index in [1.807, 2.05) is 13.8 Å². The summed E-state index contributed by atoms with van der Waals surface area (Å²) < 4.78 is 54.4. The molecule has 26 N–H and O–H groups in total. The summed E-state index contributed by atoms with van der Waals surface area (Å²) in [4.78, 5) is 154. The van der Waals surface area contributed by atoms with E-state index in [9.17, 15) is 94.2 Å². The number of fused-ring (bicyclic) bond motifs is 8. The Morgan fingerprint density at radius 1 is 0.709 bits per heavy atom. The maximum atomic E-state index is 16.1. The molecule has 686 valence electrons. The van der Waals surface area contributed by atoms with Crippen molar-refractivity contribution in [2.24, 2.45) is 23.1 Å². The molecule has 1 unspecified atom stereocenters. The highest BCUT2D eigenvalue weighted by Gasteiger charge is 2.50. The van der Waals surface area contributed by atoms with Gasteiger partial charge in [-0.05, 0) is 115 Å². The smallest absolute Gasteiger partial charge is 0.256 e. The van der Waals surface area contributed by atoms with E-state index in [0.29, 0.717) is 0 Å². The van der Waals surface area contributed by atoms with Crippen molar-refractivity contribution in [3.63, 3.8) is 0 Å². The van der Waals surface area contributed by atoms with Crippen LogP contribution in [0.1, 0.15) is 135 Å². The second kappa shape index (κ2) is 43.4. The number of phenols is 3. The number of aliphatic hydroxyl groups is 7. The summed E-state index contributed by atoms with van der Waals surface area (Å²) in [6.07, 6.45) is -21.1. The predicted molar refractivity (Wildman–Crippen MR) is 443 cm³/mol. The third kappa shape index (κ3) is 24.4. The van der Waals surface area contributed by atoms with Gasteiger partial charge in [0.1, 0.15) is 101 Å². The first-order chi connectivity index (χ1) is 60.3. The van der Waals surface area contributed by atoms with Gasteiger partial charge >= 0.3 is 0 Å². The van der Waals surface area contributed by atoms with Crippen molar-refractivity contribution in [3.8, 4) is 51.7 Å². The molecule has 11 amide bonds. The van der Waals surface area contributed by atoms with Crippen molar-refractivity contribution in [2.45, 2.75) is 170 Å². The zero-order chi connectivity index (χ0) is 92.7. The van der Waals surface area contributed by atoms with Crippen molar-refractivity contribution >= 4 is 105 Å². The number of nitrogens with two attached hydrogens (primary N) is 3. The van der Waals surface area contributed by atoms with Crippen LogP contribution in [0.3, 0.4) is 0 Å². The summed E-state index contributed by atoms with van der Waals surface area (Å²) in [6, 6.07) is 2.11. The Morgan fingerprint density at radius 3 is 2.01 bits per heavy atom. The number of hydrogen-bond donors (Lipinski definition) is 23. The Labute approximate surface area is 733 Å². The fraction of sp³-hybridized carbons (Fsp3) is 0.439. The van der Waals surface area contributed by atoms with Crippen molar-refractivity contribution < 1.29 is 146 Å². The first-order valence-electron chi connectivity index (χ1n) is 39.7. The van der Waals surface area contributed by atoms with E-state index in [4.69, 9.17) is 88.4 Å². The Balaban J connectivity index is 1.03. The summed E-state index contributed by atoms with van der Waals surface area (Å²) >= 11 is 14.2. The number of primary amides is 3. The monoisotopic (exact) mass is 1820 g/mol. The van der Waals surface area contributed by atoms with E-state index < -0.39 is 281 Å². The maximum absolute atomic E-state index is 16.1. The molecule has 14 rings (SSSR count). The van der Waals surface area contributed by atoms with Gasteiger partial charge in [0, 0.05) is 61.6 Å². The number of amides is 11. The van der Waals surface area contributed by atoms with Gasteiger partial charge < -0.3 is 164 Å². The van der Waals surface area contributed by atoms with Gasteiger partial charge in [0.15, 0.2) is 29.6 Å². The predicted octanol–water partition coefficient (Wildman–Crippen LogP) is 0.100. The van der Waals surface area contributed by atoms with E-state index in [1.54, 1.807) is 0 Å². The zero-order valence-electron chi connectivity index (χ0n) is 68.8. The number of hydrogen-bond acceptors (Lipinski definition) is 32. The maximum Gasteiger partial charge on any atom is 0.256 e. The normalized spacial score (nSPS) is 24.2. The second-order valence-corrected chi connectivity index (χ2v) is 31.3. The molecule has 16 atom stereocenters. The van der Waals surface area contributed by atoms with Gasteiger partial charge in [-0.25, -0.2) is 0 Å². The van der Waals surface area contributed by atoms with E-state index in [1.165, 1.54) is 51.4 Å². The van der Waals surface area contributed by atoms with Crippen molar-refractivity contribution in [1.82, 2.24) is 42.5 Å². The molecule has 43 nitrogen and oxygen atoms in total. The SMILES string of the molecule is CN[C@H](CC(C)C)C(=O)N[C@H]1C(=O)N[C@@H](CC(N)=O)C(=O)N[C@H]2C(=O)N[C@@H]3CC(O)=C(C=C3CC(N)=O)c3c(O)cc(O)cc3[C@H](C(=O)NCOCCOCCNC(=O)CCC(=O)Nc3ccc(OC)c(C(N)=O)c3O)NC(=O)C[C@H](O)c3ccc(c(Cl)c3)Oc3cc2cc(c3OC2O[C@@H](CO)[C@@H](O)[C@H](O)[C@@H]2O[C@@H]2CC(=N)[C@H](O)[C@@H](C)O2)Oc2ccc(cc2Cl)[C@H]1O. The van der Waals surface area contributed by atoms with Gasteiger partial charge in [-0.15, -0.1) is 0 Å². The Kier molecular flexibility index (Phi) is 33.2. The van der Waals surface area contributed by atoms with Gasteiger partial charge in [-0.3, -0.25) is 52.7 Å². The largest absolute Gasteiger partial charge is 0.512 e. The molecule has 0 radical (unpaired) electrons. The molecule has 8 aliphatic heterocycles.